The van der Waals surface area contributed by atoms with E-state index in [0.717, 1.165) is 18.2 Å². The van der Waals surface area contributed by atoms with Gasteiger partial charge in [0, 0.05) is 5.56 Å². The van der Waals surface area contributed by atoms with Crippen LogP contribution in [0.2, 0.25) is 5.02 Å². The van der Waals surface area contributed by atoms with Gasteiger partial charge in [-0.05, 0) is 36.4 Å². The third-order valence-corrected chi connectivity index (χ3v) is 2.73. The summed E-state index contributed by atoms with van der Waals surface area (Å²) >= 11 is 5.77. The Morgan fingerprint density at radius 1 is 1.11 bits per heavy atom. The van der Waals surface area contributed by atoms with Gasteiger partial charge < -0.3 is 15.5 Å². The van der Waals surface area contributed by atoms with E-state index in [1.807, 2.05) is 0 Å². The standard InChI is InChI=1S/C13H9ClFNO3/c14-9-6-8(15)2-3-10(9)16-13(19)7-1-4-11(17)12(18)5-7/h1-6,17-18H,(H,16,19). The maximum atomic E-state index is 12.8. The Hall–Kier alpha value is -2.27. The third-order valence-electron chi connectivity index (χ3n) is 2.42. The molecule has 0 saturated heterocycles. The van der Waals surface area contributed by atoms with E-state index < -0.39 is 17.5 Å². The Labute approximate surface area is 113 Å². The highest BCUT2D eigenvalue weighted by atomic mass is 35.5. The van der Waals surface area contributed by atoms with Crippen LogP contribution in [0, 0.1) is 5.82 Å². The summed E-state index contributed by atoms with van der Waals surface area (Å²) in [5.41, 5.74) is 0.385. The number of anilines is 1. The van der Waals surface area contributed by atoms with Crippen molar-refractivity contribution >= 4 is 23.2 Å². The molecule has 3 N–H and O–H groups in total. The molecule has 0 fully saturated rings. The Morgan fingerprint density at radius 3 is 2.47 bits per heavy atom. The molecule has 2 aromatic rings. The fraction of sp³-hybridized carbons (Fsp3) is 0. The number of carbonyl (C=O) groups is 1. The number of phenols is 2. The lowest BCUT2D eigenvalue weighted by Gasteiger charge is -2.08. The number of benzene rings is 2. The van der Waals surface area contributed by atoms with Gasteiger partial charge in [0.05, 0.1) is 10.7 Å². The summed E-state index contributed by atoms with van der Waals surface area (Å²) in [5.74, 6) is -1.77. The molecule has 0 aliphatic carbocycles. The number of nitrogens with one attached hydrogen (secondary N) is 1. The largest absolute Gasteiger partial charge is 0.504 e. The number of halogens is 2. The second-order valence-electron chi connectivity index (χ2n) is 3.78. The highest BCUT2D eigenvalue weighted by molar-refractivity contribution is 6.33. The van der Waals surface area contributed by atoms with Crippen LogP contribution in [0.1, 0.15) is 10.4 Å². The van der Waals surface area contributed by atoms with Gasteiger partial charge in [-0.3, -0.25) is 4.79 Å². The molecule has 0 heterocycles. The van der Waals surface area contributed by atoms with Crippen LogP contribution in [0.5, 0.6) is 11.5 Å². The molecule has 4 nitrogen and oxygen atoms in total. The van der Waals surface area contributed by atoms with Gasteiger partial charge in [0.25, 0.3) is 5.91 Å². The minimum atomic E-state index is -0.538. The molecule has 1 amide bonds. The summed E-state index contributed by atoms with van der Waals surface area (Å²) in [6.07, 6.45) is 0. The first-order chi connectivity index (χ1) is 8.97. The summed E-state index contributed by atoms with van der Waals surface area (Å²) in [6, 6.07) is 7.21. The predicted octanol–water partition coefficient (Wildman–Crippen LogP) is 3.14. The summed E-state index contributed by atoms with van der Waals surface area (Å²) in [6.45, 7) is 0. The normalized spacial score (nSPS) is 10.2. The van der Waals surface area contributed by atoms with Crippen molar-refractivity contribution in [1.82, 2.24) is 0 Å². The van der Waals surface area contributed by atoms with Gasteiger partial charge in [0.15, 0.2) is 11.5 Å². The number of rotatable bonds is 2. The molecular formula is C13H9ClFNO3. The van der Waals surface area contributed by atoms with Crippen LogP contribution in [0.4, 0.5) is 10.1 Å². The van der Waals surface area contributed by atoms with Crippen molar-refractivity contribution in [3.8, 4) is 11.5 Å². The molecule has 0 aromatic heterocycles. The fourth-order valence-electron chi connectivity index (χ4n) is 1.45. The van der Waals surface area contributed by atoms with Crippen LogP contribution in [-0.2, 0) is 0 Å². The van der Waals surface area contributed by atoms with E-state index in [2.05, 4.69) is 5.32 Å². The molecule has 2 rings (SSSR count). The van der Waals surface area contributed by atoms with Crippen molar-refractivity contribution in [2.24, 2.45) is 0 Å². The van der Waals surface area contributed by atoms with Crippen LogP contribution >= 0.6 is 11.6 Å². The maximum absolute atomic E-state index is 12.8. The molecule has 6 heteroatoms. The van der Waals surface area contributed by atoms with Gasteiger partial charge >= 0.3 is 0 Å². The molecule has 0 aliphatic rings. The number of amides is 1. The average Bonchev–Trinajstić information content (AvgIpc) is 2.36. The third kappa shape index (κ3) is 2.95. The minimum absolute atomic E-state index is 0.0661. The molecule has 0 bridgehead atoms. The predicted molar refractivity (Wildman–Crippen MR) is 69.1 cm³/mol. The molecule has 19 heavy (non-hydrogen) atoms. The van der Waals surface area contributed by atoms with E-state index in [4.69, 9.17) is 16.7 Å². The molecule has 0 saturated carbocycles. The Kier molecular flexibility index (Phi) is 3.57. The molecule has 0 radical (unpaired) electrons. The van der Waals surface area contributed by atoms with Gasteiger partial charge in [-0.15, -0.1) is 0 Å². The number of hydrogen-bond donors (Lipinski definition) is 3. The number of aromatic hydroxyl groups is 2. The van der Waals surface area contributed by atoms with Crippen molar-refractivity contribution in [1.29, 1.82) is 0 Å². The second-order valence-corrected chi connectivity index (χ2v) is 4.19. The van der Waals surface area contributed by atoms with Gasteiger partial charge in [-0.2, -0.15) is 0 Å². The lowest BCUT2D eigenvalue weighted by atomic mass is 10.2. The molecular weight excluding hydrogens is 273 g/mol. The van der Waals surface area contributed by atoms with E-state index in [-0.39, 0.29) is 22.0 Å². The molecule has 0 atom stereocenters. The monoisotopic (exact) mass is 281 g/mol. The molecule has 0 unspecified atom stereocenters. The van der Waals surface area contributed by atoms with Gasteiger partial charge in [0.1, 0.15) is 5.82 Å². The Morgan fingerprint density at radius 2 is 1.84 bits per heavy atom. The summed E-state index contributed by atoms with van der Waals surface area (Å²) in [7, 11) is 0. The summed E-state index contributed by atoms with van der Waals surface area (Å²) in [5, 5.41) is 21.0. The topological polar surface area (TPSA) is 69.6 Å². The molecule has 2 aromatic carbocycles. The van der Waals surface area contributed by atoms with Crippen molar-refractivity contribution in [3.05, 3.63) is 52.8 Å². The van der Waals surface area contributed by atoms with Crippen molar-refractivity contribution < 1.29 is 19.4 Å². The molecule has 98 valence electrons. The smallest absolute Gasteiger partial charge is 0.255 e. The molecule has 0 aliphatic heterocycles. The van der Waals surface area contributed by atoms with Crippen molar-refractivity contribution in [2.45, 2.75) is 0 Å². The van der Waals surface area contributed by atoms with E-state index >= 15 is 0 Å². The summed E-state index contributed by atoms with van der Waals surface area (Å²) < 4.78 is 12.8. The highest BCUT2D eigenvalue weighted by Crippen LogP contribution is 2.26. The van der Waals surface area contributed by atoms with Crippen LogP contribution in [0.15, 0.2) is 36.4 Å². The van der Waals surface area contributed by atoms with Crippen LogP contribution < -0.4 is 5.32 Å². The van der Waals surface area contributed by atoms with Crippen molar-refractivity contribution in [3.63, 3.8) is 0 Å². The number of carbonyl (C=O) groups excluding carboxylic acids is 1. The summed E-state index contributed by atoms with van der Waals surface area (Å²) in [4.78, 5) is 11.9. The maximum Gasteiger partial charge on any atom is 0.255 e. The first kappa shape index (κ1) is 13.2. The fourth-order valence-corrected chi connectivity index (χ4v) is 1.66. The zero-order chi connectivity index (χ0) is 14.0. The Bertz CT molecular complexity index is 646. The molecule has 0 spiro atoms. The minimum Gasteiger partial charge on any atom is -0.504 e. The van der Waals surface area contributed by atoms with Crippen LogP contribution in [0.3, 0.4) is 0 Å². The zero-order valence-corrected chi connectivity index (χ0v) is 10.3. The van der Waals surface area contributed by atoms with Crippen LogP contribution in [-0.4, -0.2) is 16.1 Å². The van der Waals surface area contributed by atoms with E-state index in [1.165, 1.54) is 18.2 Å². The first-order valence-electron chi connectivity index (χ1n) is 5.26. The van der Waals surface area contributed by atoms with Gasteiger partial charge in [-0.1, -0.05) is 11.6 Å². The lowest BCUT2D eigenvalue weighted by molar-refractivity contribution is 0.102. The Balaban J connectivity index is 2.23. The van der Waals surface area contributed by atoms with Gasteiger partial charge in [0.2, 0.25) is 0 Å². The number of hydrogen-bond acceptors (Lipinski definition) is 3. The van der Waals surface area contributed by atoms with E-state index in [1.54, 1.807) is 0 Å². The SMILES string of the molecule is O=C(Nc1ccc(F)cc1Cl)c1ccc(O)c(O)c1. The quantitative estimate of drug-likeness (QED) is 0.741. The van der Waals surface area contributed by atoms with Crippen LogP contribution in [0.25, 0.3) is 0 Å². The second kappa shape index (κ2) is 5.16. The first-order valence-corrected chi connectivity index (χ1v) is 5.63. The van der Waals surface area contributed by atoms with E-state index in [9.17, 15) is 14.3 Å². The highest BCUT2D eigenvalue weighted by Gasteiger charge is 2.11. The zero-order valence-electron chi connectivity index (χ0n) is 9.52. The lowest BCUT2D eigenvalue weighted by Crippen LogP contribution is -2.12. The van der Waals surface area contributed by atoms with Crippen molar-refractivity contribution in [2.75, 3.05) is 5.32 Å². The van der Waals surface area contributed by atoms with E-state index in [0.29, 0.717) is 0 Å². The number of phenolic OH excluding ortho intramolecular Hbond substituents is 2. The average molecular weight is 282 g/mol. The van der Waals surface area contributed by atoms with Gasteiger partial charge in [-0.25, -0.2) is 4.39 Å².